The van der Waals surface area contributed by atoms with Crippen LogP contribution < -0.4 is 21.3 Å². The Hall–Kier alpha value is -6.17. The number of aliphatic hydroxyl groups excluding tert-OH is 1. The van der Waals surface area contributed by atoms with Crippen molar-refractivity contribution >= 4 is 65.0 Å². The number of hydrogen-bond acceptors (Lipinski definition) is 13. The summed E-state index contributed by atoms with van der Waals surface area (Å²) in [4.78, 5) is 168. The topological polar surface area (TPSA) is 299 Å². The lowest BCUT2D eigenvalue weighted by molar-refractivity contribution is -0.157. The molecule has 11 amide bonds. The monoisotopic (exact) mass is 1220 g/mol. The molecule has 0 spiro atoms. The highest BCUT2D eigenvalue weighted by atomic mass is 16.3. The molecule has 1 heterocycles. The highest BCUT2D eigenvalue weighted by molar-refractivity contribution is 5.99. The Morgan fingerprint density at radius 2 is 0.953 bits per heavy atom. The van der Waals surface area contributed by atoms with Crippen molar-refractivity contribution in [3.8, 4) is 0 Å². The Labute approximate surface area is 513 Å². The van der Waals surface area contributed by atoms with Gasteiger partial charge in [0.05, 0.1) is 18.2 Å². The smallest absolute Gasteiger partial charge is 0.246 e. The van der Waals surface area contributed by atoms with Crippen LogP contribution in [0.25, 0.3) is 0 Å². The van der Waals surface area contributed by atoms with Crippen LogP contribution in [0.3, 0.4) is 0 Å². The van der Waals surface area contributed by atoms with Crippen LogP contribution in [0.15, 0.2) is 12.2 Å². The molecule has 1 unspecified atom stereocenters. The molecule has 6 N–H and O–H groups in total. The third-order valence-corrected chi connectivity index (χ3v) is 16.1. The van der Waals surface area contributed by atoms with Crippen LogP contribution in [0.4, 0.5) is 0 Å². The van der Waals surface area contributed by atoms with Crippen LogP contribution in [0.5, 0.6) is 0 Å². The van der Waals surface area contributed by atoms with Gasteiger partial charge in [0.25, 0.3) is 0 Å². The number of allylic oxidation sites excluding steroid dienone is 2. The molecular formula is C62H111N11O13. The Kier molecular flexibility index (Phi) is 31.1. The maximum Gasteiger partial charge on any atom is 0.246 e. The molecule has 0 aromatic carbocycles. The number of nitrogens with one attached hydrogen (secondary N) is 4. The Morgan fingerprint density at radius 3 is 1.41 bits per heavy atom. The average molecular weight is 1220 g/mol. The van der Waals surface area contributed by atoms with Crippen LogP contribution >= 0.6 is 0 Å². The van der Waals surface area contributed by atoms with E-state index in [0.717, 1.165) is 14.7 Å². The Bertz CT molecular complexity index is 2370. The minimum atomic E-state index is -1.64. The number of rotatable bonds is 15. The van der Waals surface area contributed by atoms with Gasteiger partial charge in [0.1, 0.15) is 60.4 Å². The summed E-state index contributed by atoms with van der Waals surface area (Å²) in [6, 6.07) is -12.9. The lowest BCUT2D eigenvalue weighted by Gasteiger charge is -2.41. The summed E-state index contributed by atoms with van der Waals surface area (Å²) in [5.41, 5.74) is -1.55. The van der Waals surface area contributed by atoms with Gasteiger partial charge >= 0.3 is 0 Å². The average Bonchev–Trinajstić information content (AvgIpc) is 3.54. The molecule has 12 atom stereocenters. The van der Waals surface area contributed by atoms with E-state index in [-0.39, 0.29) is 49.9 Å². The van der Waals surface area contributed by atoms with E-state index in [4.69, 9.17) is 0 Å². The standard InChI is InChI=1S/C62H111N11O13/c1-25-27-28-39(13)51(75)50-55(79)65-42(26-2)57(81)67(18)33-47(74)68(19)46(32-62(16,17)86)54(78)66-48(37(9)10)60(84)69(20)43(29-34(3)4)53(77)63-40(14)52(76)64-41(15)56(80)70(21)44(30-35(5)6)58(82)71(22)45(31-36(7)8)59(83)72(23)49(38(11)12)61(85)73(50)24/h25,27,34-46,48-51,75,86H,26,28-33H2,1-24H3,(H,63,77)(H,64,76)(H,65,79)(H,66,78)/b27-25+/t39-,40+,41-,42+,43+,44-,45+,46+,48+,49+,50?,51-/m1/s1. The Morgan fingerprint density at radius 1 is 0.512 bits per heavy atom. The van der Waals surface area contributed by atoms with E-state index >= 15 is 9.59 Å². The van der Waals surface area contributed by atoms with Gasteiger partial charge in [-0.3, -0.25) is 52.7 Å². The SMILES string of the molecule is C/C=C/C[C@@H](C)[C@@H](O)C1C(=O)N[C@@H](CC)C(=O)N(C)CC(=O)N(C)[C@@H](CC(C)(C)O)C(=O)N[C@@H](C(C)C)C(=O)N(C)[C@@H](CC(C)C)C(=O)N[C@@H](C)C(=O)N[C@H](C)C(=O)N(C)[C@H](CC(C)C)C(=O)N(C)[C@@H](CC(C)C)C(=O)N(C)[C@@H](C(C)C)C(=O)N1C. The maximum atomic E-state index is 15.1. The largest absolute Gasteiger partial charge is 0.390 e. The summed E-state index contributed by atoms with van der Waals surface area (Å²) in [7, 11) is 9.67. The van der Waals surface area contributed by atoms with Crippen molar-refractivity contribution in [1.29, 1.82) is 0 Å². The van der Waals surface area contributed by atoms with Crippen LogP contribution in [0.1, 0.15) is 156 Å². The molecule has 24 nitrogen and oxygen atoms in total. The fourth-order valence-electron chi connectivity index (χ4n) is 10.7. The second-order valence-electron chi connectivity index (χ2n) is 26.5. The van der Waals surface area contributed by atoms with Crippen LogP contribution in [0, 0.1) is 35.5 Å². The number of amides is 11. The molecule has 1 saturated heterocycles. The van der Waals surface area contributed by atoms with E-state index in [1.54, 1.807) is 60.6 Å². The summed E-state index contributed by atoms with van der Waals surface area (Å²) in [5.74, 6) is -10.3. The first-order valence-corrected chi connectivity index (χ1v) is 30.6. The second-order valence-corrected chi connectivity index (χ2v) is 26.5. The molecular weight excluding hydrogens is 1110 g/mol. The summed E-state index contributed by atoms with van der Waals surface area (Å²) in [5, 5.41) is 34.0. The molecule has 86 heavy (non-hydrogen) atoms. The zero-order valence-electron chi connectivity index (χ0n) is 56.4. The zero-order valence-corrected chi connectivity index (χ0v) is 56.4. The number of hydrogen-bond donors (Lipinski definition) is 6. The summed E-state index contributed by atoms with van der Waals surface area (Å²) in [6.07, 6.45) is 2.40. The number of carbonyl (C=O) groups excluding carboxylic acids is 11. The number of carbonyl (C=O) groups is 11. The first-order valence-electron chi connectivity index (χ1n) is 30.6. The normalized spacial score (nSPS) is 26.9. The molecule has 0 aromatic heterocycles. The van der Waals surface area contributed by atoms with Gasteiger partial charge in [-0.05, 0) is 102 Å². The molecule has 492 valence electrons. The number of aliphatic hydroxyl groups is 2. The second kappa shape index (κ2) is 34.4. The minimum Gasteiger partial charge on any atom is -0.390 e. The predicted octanol–water partition coefficient (Wildman–Crippen LogP) is 2.38. The van der Waals surface area contributed by atoms with Crippen molar-refractivity contribution in [3.63, 3.8) is 0 Å². The maximum absolute atomic E-state index is 15.1. The first kappa shape index (κ1) is 77.8. The molecule has 1 fully saturated rings. The lowest BCUT2D eigenvalue weighted by atomic mass is 9.91. The van der Waals surface area contributed by atoms with Gasteiger partial charge in [-0.1, -0.05) is 95.2 Å². The molecule has 1 aliphatic heterocycles. The molecule has 0 aliphatic carbocycles. The summed E-state index contributed by atoms with van der Waals surface area (Å²) >= 11 is 0. The molecule has 1 aliphatic rings. The Balaban J connectivity index is 4.35. The highest BCUT2D eigenvalue weighted by Gasteiger charge is 2.46. The van der Waals surface area contributed by atoms with E-state index in [1.165, 1.54) is 96.6 Å². The van der Waals surface area contributed by atoms with Gasteiger partial charge in [-0.25, -0.2) is 0 Å². The van der Waals surface area contributed by atoms with Crippen molar-refractivity contribution in [2.75, 3.05) is 55.9 Å². The van der Waals surface area contributed by atoms with E-state index in [2.05, 4.69) is 21.3 Å². The van der Waals surface area contributed by atoms with Crippen molar-refractivity contribution < 1.29 is 63.0 Å². The van der Waals surface area contributed by atoms with Crippen LogP contribution in [-0.2, 0) is 52.7 Å². The van der Waals surface area contributed by atoms with E-state index < -0.39 is 161 Å². The summed E-state index contributed by atoms with van der Waals surface area (Å²) in [6.45, 7) is 28.1. The van der Waals surface area contributed by atoms with Gasteiger partial charge < -0.3 is 65.8 Å². The van der Waals surface area contributed by atoms with E-state index in [9.17, 15) is 53.4 Å². The molecule has 0 saturated carbocycles. The van der Waals surface area contributed by atoms with E-state index in [0.29, 0.717) is 6.42 Å². The third kappa shape index (κ3) is 21.9. The van der Waals surface area contributed by atoms with Crippen molar-refractivity contribution in [1.82, 2.24) is 55.6 Å². The molecule has 0 bridgehead atoms. The van der Waals surface area contributed by atoms with Gasteiger partial charge in [-0.15, -0.1) is 0 Å². The van der Waals surface area contributed by atoms with Crippen LogP contribution in [0.2, 0.25) is 0 Å². The highest BCUT2D eigenvalue weighted by Crippen LogP contribution is 2.26. The molecule has 0 aromatic rings. The number of likely N-dealkylation sites (N-methyl/N-ethyl adjacent to an activating group) is 7. The van der Waals surface area contributed by atoms with Gasteiger partial charge in [0, 0.05) is 55.8 Å². The van der Waals surface area contributed by atoms with Crippen molar-refractivity contribution in [2.45, 2.75) is 228 Å². The predicted molar refractivity (Wildman–Crippen MR) is 330 cm³/mol. The van der Waals surface area contributed by atoms with Gasteiger partial charge in [0.2, 0.25) is 65.0 Å². The van der Waals surface area contributed by atoms with Gasteiger partial charge in [0.15, 0.2) is 0 Å². The van der Waals surface area contributed by atoms with Crippen molar-refractivity contribution in [2.24, 2.45) is 35.5 Å². The molecule has 0 radical (unpaired) electrons. The fraction of sp³-hybridized carbons (Fsp3) is 0.790. The quantitative estimate of drug-likeness (QED) is 0.129. The number of nitrogens with zero attached hydrogens (tertiary/aromatic N) is 7. The zero-order chi connectivity index (χ0) is 66.9. The third-order valence-electron chi connectivity index (χ3n) is 16.1. The van der Waals surface area contributed by atoms with Crippen LogP contribution in [-0.4, -0.2) is 237 Å². The fourth-order valence-corrected chi connectivity index (χ4v) is 10.7. The van der Waals surface area contributed by atoms with Gasteiger partial charge in [-0.2, -0.15) is 0 Å². The first-order chi connectivity index (χ1) is 39.5. The summed E-state index contributed by atoms with van der Waals surface area (Å²) < 4.78 is 0. The lowest BCUT2D eigenvalue weighted by Crippen LogP contribution is -2.63. The molecule has 1 rings (SSSR count). The van der Waals surface area contributed by atoms with Crippen molar-refractivity contribution in [3.05, 3.63) is 12.2 Å². The minimum absolute atomic E-state index is 0.0135. The van der Waals surface area contributed by atoms with E-state index in [1.807, 2.05) is 41.5 Å². The molecule has 24 heteroatoms.